The van der Waals surface area contributed by atoms with Crippen molar-refractivity contribution in [2.45, 2.75) is 6.73 Å². The van der Waals surface area contributed by atoms with Crippen LogP contribution in [-0.2, 0) is 6.73 Å². The molecule has 0 fully saturated rings. The van der Waals surface area contributed by atoms with Gasteiger partial charge in [0.05, 0.1) is 10.6 Å². The summed E-state index contributed by atoms with van der Waals surface area (Å²) in [6.07, 6.45) is 1.54. The fourth-order valence-corrected chi connectivity index (χ4v) is 2.28. The van der Waals surface area contributed by atoms with Crippen LogP contribution in [0.2, 0.25) is 5.02 Å². The molecule has 1 heterocycles. The number of halogens is 1. The van der Waals surface area contributed by atoms with Crippen molar-refractivity contribution >= 4 is 28.9 Å². The Bertz CT molecular complexity index is 987. The third-order valence-electron chi connectivity index (χ3n) is 3.49. The predicted molar refractivity (Wildman–Crippen MR) is 97.0 cm³/mol. The molecule has 0 aliphatic carbocycles. The fraction of sp³-hybridized carbons (Fsp3) is 0.0588. The number of carbonyl (C=O) groups is 1. The van der Waals surface area contributed by atoms with Crippen LogP contribution >= 0.6 is 11.6 Å². The number of nitro benzene ring substituents is 1. The first-order chi connectivity index (χ1) is 12.9. The number of nitro groups is 1. The van der Waals surface area contributed by atoms with E-state index in [4.69, 9.17) is 16.3 Å². The maximum atomic E-state index is 12.2. The molecule has 27 heavy (non-hydrogen) atoms. The number of carbonyl (C=O) groups excluding carboxylic acids is 1. The Morgan fingerprint density at radius 2 is 2.00 bits per heavy atom. The lowest BCUT2D eigenvalue weighted by Crippen LogP contribution is -2.14. The highest BCUT2D eigenvalue weighted by Gasteiger charge is 2.15. The molecule has 10 heteroatoms. The molecule has 0 bridgehead atoms. The number of aromatic nitrogens is 2. The molecule has 2 aromatic carbocycles. The molecule has 3 rings (SSSR count). The van der Waals surface area contributed by atoms with Gasteiger partial charge >= 0.3 is 0 Å². The molecule has 1 aromatic heterocycles. The van der Waals surface area contributed by atoms with Crippen LogP contribution in [0.15, 0.2) is 54.7 Å². The largest absolute Gasteiger partial charge is 0.506 e. The van der Waals surface area contributed by atoms with Crippen LogP contribution < -0.4 is 10.1 Å². The number of amides is 1. The maximum absolute atomic E-state index is 12.2. The Morgan fingerprint density at radius 3 is 2.70 bits per heavy atom. The molecular formula is C17H13ClN4O5. The molecule has 0 atom stereocenters. The van der Waals surface area contributed by atoms with Crippen molar-refractivity contribution in [2.75, 3.05) is 5.32 Å². The summed E-state index contributed by atoms with van der Waals surface area (Å²) < 4.78 is 6.91. The lowest BCUT2D eigenvalue weighted by Gasteiger charge is -2.07. The number of hydrogen-bond donors (Lipinski definition) is 2. The number of ether oxygens (including phenoxy) is 1. The zero-order valence-electron chi connectivity index (χ0n) is 13.7. The molecule has 2 N–H and O–H groups in total. The van der Waals surface area contributed by atoms with E-state index in [1.807, 2.05) is 0 Å². The number of phenolic OH excluding ortho intramolecular Hbond substituents is 1. The number of anilines is 1. The summed E-state index contributed by atoms with van der Waals surface area (Å²) in [5, 5.41) is 27.6. The number of aromatic hydroxyl groups is 1. The maximum Gasteiger partial charge on any atom is 0.276 e. The van der Waals surface area contributed by atoms with E-state index in [9.17, 15) is 20.0 Å². The van der Waals surface area contributed by atoms with Gasteiger partial charge in [-0.1, -0.05) is 11.6 Å². The van der Waals surface area contributed by atoms with Crippen LogP contribution in [0.1, 0.15) is 10.5 Å². The second kappa shape index (κ2) is 7.75. The molecule has 0 spiro atoms. The summed E-state index contributed by atoms with van der Waals surface area (Å²) in [5.74, 6) is -0.335. The van der Waals surface area contributed by atoms with Crippen molar-refractivity contribution in [3.63, 3.8) is 0 Å². The van der Waals surface area contributed by atoms with Crippen molar-refractivity contribution < 1.29 is 19.6 Å². The first-order valence-corrected chi connectivity index (χ1v) is 8.01. The second-order valence-corrected chi connectivity index (χ2v) is 5.82. The van der Waals surface area contributed by atoms with Gasteiger partial charge < -0.3 is 15.2 Å². The Morgan fingerprint density at radius 1 is 1.26 bits per heavy atom. The minimum atomic E-state index is -0.629. The number of nitrogens with zero attached hydrogens (tertiary/aromatic N) is 3. The summed E-state index contributed by atoms with van der Waals surface area (Å²) in [4.78, 5) is 22.4. The molecule has 9 nitrogen and oxygen atoms in total. The monoisotopic (exact) mass is 388 g/mol. The van der Waals surface area contributed by atoms with Crippen molar-refractivity contribution in [3.05, 3.63) is 75.6 Å². The van der Waals surface area contributed by atoms with Gasteiger partial charge in [-0.3, -0.25) is 14.9 Å². The lowest BCUT2D eigenvalue weighted by molar-refractivity contribution is -0.384. The van der Waals surface area contributed by atoms with Crippen molar-refractivity contribution in [1.82, 2.24) is 9.78 Å². The second-order valence-electron chi connectivity index (χ2n) is 5.38. The molecular weight excluding hydrogens is 376 g/mol. The van der Waals surface area contributed by atoms with E-state index >= 15 is 0 Å². The highest BCUT2D eigenvalue weighted by atomic mass is 35.5. The smallest absolute Gasteiger partial charge is 0.276 e. The van der Waals surface area contributed by atoms with E-state index in [1.54, 1.807) is 24.3 Å². The van der Waals surface area contributed by atoms with Crippen molar-refractivity contribution in [1.29, 1.82) is 0 Å². The normalized spacial score (nSPS) is 10.4. The van der Waals surface area contributed by atoms with Gasteiger partial charge in [0.2, 0.25) is 0 Å². The van der Waals surface area contributed by atoms with Gasteiger partial charge in [-0.2, -0.15) is 5.10 Å². The summed E-state index contributed by atoms with van der Waals surface area (Å²) in [6, 6.07) is 11.5. The van der Waals surface area contributed by atoms with Crippen LogP contribution in [0, 0.1) is 10.1 Å². The average Bonchev–Trinajstić information content (AvgIpc) is 3.12. The number of rotatable bonds is 6. The van der Waals surface area contributed by atoms with Crippen LogP contribution in [0.25, 0.3) is 0 Å². The minimum Gasteiger partial charge on any atom is -0.506 e. The van der Waals surface area contributed by atoms with Crippen LogP contribution in [0.4, 0.5) is 11.4 Å². The van der Waals surface area contributed by atoms with E-state index in [2.05, 4.69) is 10.4 Å². The van der Waals surface area contributed by atoms with Crippen molar-refractivity contribution in [2.24, 2.45) is 0 Å². The standard InChI is InChI=1S/C17H13ClN4O5/c18-11-1-4-13(5-2-11)27-10-21-8-7-14(20-21)17(24)19-15-9-12(22(25)26)3-6-16(15)23/h1-9,23H,10H2,(H,19,24). The molecule has 3 aromatic rings. The number of nitrogens with one attached hydrogen (secondary N) is 1. The van der Waals surface area contributed by atoms with Crippen LogP contribution in [-0.4, -0.2) is 25.7 Å². The van der Waals surface area contributed by atoms with Crippen LogP contribution in [0.5, 0.6) is 11.5 Å². The van der Waals surface area contributed by atoms with Gasteiger partial charge in [0.25, 0.3) is 11.6 Å². The summed E-state index contributed by atoms with van der Waals surface area (Å²) in [5.41, 5.74) is -0.285. The van der Waals surface area contributed by atoms with Crippen molar-refractivity contribution in [3.8, 4) is 11.5 Å². The summed E-state index contributed by atoms with van der Waals surface area (Å²) in [7, 11) is 0. The van der Waals surface area contributed by atoms with Gasteiger partial charge in [-0.15, -0.1) is 0 Å². The molecule has 0 radical (unpaired) electrons. The first kappa shape index (κ1) is 18.2. The molecule has 138 valence electrons. The Labute approximate surface area is 157 Å². The van der Waals surface area contributed by atoms with E-state index in [0.717, 1.165) is 18.2 Å². The van der Waals surface area contributed by atoms with E-state index in [0.29, 0.717) is 10.8 Å². The molecule has 1 amide bonds. The van der Waals surface area contributed by atoms with Gasteiger partial charge in [-0.05, 0) is 36.4 Å². The Kier molecular flexibility index (Phi) is 5.23. The SMILES string of the molecule is O=C(Nc1cc([N+](=O)[O-])ccc1O)c1ccn(COc2ccc(Cl)cc2)n1. The zero-order valence-corrected chi connectivity index (χ0v) is 14.5. The fourth-order valence-electron chi connectivity index (χ4n) is 2.15. The highest BCUT2D eigenvalue weighted by Crippen LogP contribution is 2.28. The molecule has 0 aliphatic heterocycles. The zero-order chi connectivity index (χ0) is 19.4. The van der Waals surface area contributed by atoms with Gasteiger partial charge in [0.15, 0.2) is 12.4 Å². The Hall–Kier alpha value is -3.59. The number of non-ortho nitro benzene ring substituents is 1. The minimum absolute atomic E-state index is 0.0561. The third kappa shape index (κ3) is 4.53. The Balaban J connectivity index is 1.65. The van der Waals surface area contributed by atoms with Crippen LogP contribution in [0.3, 0.4) is 0 Å². The van der Waals surface area contributed by atoms with Gasteiger partial charge in [0.1, 0.15) is 11.5 Å². The number of phenols is 1. The number of benzene rings is 2. The van der Waals surface area contributed by atoms with Gasteiger partial charge in [-0.25, -0.2) is 4.68 Å². The molecule has 0 aliphatic rings. The molecule has 0 saturated heterocycles. The highest BCUT2D eigenvalue weighted by molar-refractivity contribution is 6.30. The topological polar surface area (TPSA) is 120 Å². The van der Waals surface area contributed by atoms with E-state index in [1.165, 1.54) is 16.9 Å². The lowest BCUT2D eigenvalue weighted by atomic mass is 10.2. The van der Waals surface area contributed by atoms with Gasteiger partial charge in [0, 0.05) is 23.4 Å². The van der Waals surface area contributed by atoms with E-state index in [-0.39, 0.29) is 29.5 Å². The average molecular weight is 389 g/mol. The predicted octanol–water partition coefficient (Wildman–Crippen LogP) is 3.44. The quantitative estimate of drug-likeness (QED) is 0.379. The first-order valence-electron chi connectivity index (χ1n) is 7.63. The molecule has 0 unspecified atom stereocenters. The summed E-state index contributed by atoms with van der Waals surface area (Å²) in [6.45, 7) is 0.0664. The molecule has 0 saturated carbocycles. The number of hydrogen-bond acceptors (Lipinski definition) is 6. The summed E-state index contributed by atoms with van der Waals surface area (Å²) >= 11 is 5.80. The van der Waals surface area contributed by atoms with E-state index < -0.39 is 10.8 Å². The third-order valence-corrected chi connectivity index (χ3v) is 3.74.